The molecule has 3 nitrogen and oxygen atoms in total. The number of aliphatic carboxylic acids is 1. The van der Waals surface area contributed by atoms with Crippen molar-refractivity contribution in [2.75, 3.05) is 0 Å². The smallest absolute Gasteiger partial charge is 0.303 e. The Bertz CT molecular complexity index is 933. The highest BCUT2D eigenvalue weighted by Gasteiger charge is 2.23. The zero-order chi connectivity index (χ0) is 21.3. The summed E-state index contributed by atoms with van der Waals surface area (Å²) in [6, 6.07) is 26.1. The van der Waals surface area contributed by atoms with Crippen LogP contribution < -0.4 is 5.32 Å². The number of nitrogens with one attached hydrogen (secondary N) is 1. The number of hydrogen-bond donors (Lipinski definition) is 2. The lowest BCUT2D eigenvalue weighted by molar-refractivity contribution is -0.136. The second-order valence-electron chi connectivity index (χ2n) is 8.45. The van der Waals surface area contributed by atoms with E-state index in [0.29, 0.717) is 18.5 Å². The second-order valence-corrected chi connectivity index (χ2v) is 8.45. The molecule has 0 amide bonds. The average molecular weight is 404 g/mol. The van der Waals surface area contributed by atoms with Crippen molar-refractivity contribution in [3.05, 3.63) is 83.9 Å². The van der Waals surface area contributed by atoms with E-state index in [2.05, 4.69) is 61.6 Å². The fraction of sp³-hybridized carbons (Fsp3) is 0.370. The van der Waals surface area contributed by atoms with E-state index < -0.39 is 5.97 Å². The number of carbonyl (C=O) groups is 1. The average Bonchev–Trinajstić information content (AvgIpc) is 3.17. The molecule has 0 saturated heterocycles. The van der Waals surface area contributed by atoms with Crippen molar-refractivity contribution >= 4 is 16.7 Å². The molecule has 30 heavy (non-hydrogen) atoms. The molecule has 0 spiro atoms. The normalized spacial score (nSPS) is 19.1. The van der Waals surface area contributed by atoms with Gasteiger partial charge in [-0.2, -0.15) is 0 Å². The monoisotopic (exact) mass is 403 g/mol. The number of aryl methyl sites for hydroxylation is 1. The van der Waals surface area contributed by atoms with Crippen LogP contribution in [0.1, 0.15) is 56.7 Å². The molecular weight excluding hydrogens is 370 g/mol. The van der Waals surface area contributed by atoms with Crippen LogP contribution in [0, 0.1) is 5.92 Å². The maximum atomic E-state index is 10.2. The summed E-state index contributed by atoms with van der Waals surface area (Å²) in [5.41, 5.74) is 2.51. The molecule has 0 radical (unpaired) electrons. The van der Waals surface area contributed by atoms with Gasteiger partial charge in [-0.25, -0.2) is 0 Å². The van der Waals surface area contributed by atoms with E-state index in [1.165, 1.54) is 35.6 Å². The molecule has 3 heteroatoms. The number of hydrogen-bond acceptors (Lipinski definition) is 2. The number of rotatable bonds is 6. The van der Waals surface area contributed by atoms with Gasteiger partial charge in [-0.1, -0.05) is 79.7 Å². The van der Waals surface area contributed by atoms with Crippen LogP contribution in [-0.4, -0.2) is 17.1 Å². The predicted molar refractivity (Wildman–Crippen MR) is 125 cm³/mol. The number of carboxylic acid groups (broad SMARTS) is 1. The van der Waals surface area contributed by atoms with Crippen molar-refractivity contribution in [3.8, 4) is 0 Å². The van der Waals surface area contributed by atoms with Gasteiger partial charge in [0.2, 0.25) is 0 Å². The van der Waals surface area contributed by atoms with Crippen molar-refractivity contribution in [1.29, 1.82) is 0 Å². The molecule has 1 fully saturated rings. The first kappa shape index (κ1) is 22.0. The van der Waals surface area contributed by atoms with Crippen LogP contribution >= 0.6 is 0 Å². The van der Waals surface area contributed by atoms with Gasteiger partial charge in [0.25, 0.3) is 0 Å². The topological polar surface area (TPSA) is 49.3 Å². The zero-order valence-corrected chi connectivity index (χ0v) is 18.1. The van der Waals surface area contributed by atoms with Crippen LogP contribution in [-0.2, 0) is 11.2 Å². The van der Waals surface area contributed by atoms with Gasteiger partial charge in [0, 0.05) is 18.5 Å². The Labute approximate surface area is 180 Å². The van der Waals surface area contributed by atoms with Crippen LogP contribution in [0.15, 0.2) is 72.8 Å². The summed E-state index contributed by atoms with van der Waals surface area (Å²) in [6.07, 6.45) is 4.87. The molecule has 158 valence electrons. The minimum absolute atomic E-state index is 0.212. The van der Waals surface area contributed by atoms with E-state index in [1.807, 2.05) is 30.3 Å². The lowest BCUT2D eigenvalue weighted by Crippen LogP contribution is -2.29. The maximum Gasteiger partial charge on any atom is 0.303 e. The van der Waals surface area contributed by atoms with Crippen molar-refractivity contribution < 1.29 is 9.90 Å². The molecule has 1 saturated carbocycles. The standard InChI is InChI=1S/C18H23N.C9H10O2/c1-13-10-11-16(12-13)19-14(2)17-9-5-7-15-6-3-4-8-18(15)17;10-9(11)7-6-8-4-2-1-3-5-8/h3-9,13-14,16,19H,10-12H2,1-2H3;1-5H,6-7H2,(H,10,11). The Kier molecular flexibility index (Phi) is 8.04. The molecule has 3 unspecified atom stereocenters. The summed E-state index contributed by atoms with van der Waals surface area (Å²) in [7, 11) is 0. The Balaban J connectivity index is 0.000000199. The van der Waals surface area contributed by atoms with E-state index in [1.54, 1.807) is 0 Å². The molecule has 1 aliphatic rings. The molecule has 3 atom stereocenters. The first-order valence-electron chi connectivity index (χ1n) is 11.0. The minimum atomic E-state index is -0.742. The van der Waals surface area contributed by atoms with Gasteiger partial charge >= 0.3 is 5.97 Å². The fourth-order valence-electron chi connectivity index (χ4n) is 4.33. The van der Waals surface area contributed by atoms with E-state index in [9.17, 15) is 4.79 Å². The van der Waals surface area contributed by atoms with Crippen molar-refractivity contribution in [2.24, 2.45) is 5.92 Å². The van der Waals surface area contributed by atoms with Crippen molar-refractivity contribution in [2.45, 2.75) is 58.0 Å². The highest BCUT2D eigenvalue weighted by atomic mass is 16.4. The van der Waals surface area contributed by atoms with Gasteiger partial charge < -0.3 is 10.4 Å². The molecule has 0 bridgehead atoms. The first-order chi connectivity index (χ1) is 14.5. The Morgan fingerprint density at radius 1 is 1.00 bits per heavy atom. The first-order valence-corrected chi connectivity index (χ1v) is 11.0. The third-order valence-corrected chi connectivity index (χ3v) is 5.94. The molecule has 1 aliphatic carbocycles. The third kappa shape index (κ3) is 6.43. The predicted octanol–water partition coefficient (Wildman–Crippen LogP) is 6.38. The van der Waals surface area contributed by atoms with E-state index in [-0.39, 0.29) is 6.42 Å². The van der Waals surface area contributed by atoms with Crippen LogP contribution in [0.3, 0.4) is 0 Å². The van der Waals surface area contributed by atoms with Gasteiger partial charge in [0.1, 0.15) is 0 Å². The minimum Gasteiger partial charge on any atom is -0.481 e. The molecule has 3 aromatic rings. The summed E-state index contributed by atoms with van der Waals surface area (Å²) >= 11 is 0. The Morgan fingerprint density at radius 3 is 2.40 bits per heavy atom. The van der Waals surface area contributed by atoms with Gasteiger partial charge in [-0.3, -0.25) is 4.79 Å². The van der Waals surface area contributed by atoms with Crippen LogP contribution in [0.4, 0.5) is 0 Å². The third-order valence-electron chi connectivity index (χ3n) is 5.94. The van der Waals surface area contributed by atoms with E-state index in [0.717, 1.165) is 11.5 Å². The SMILES string of the molecule is CC1CCC(NC(C)c2cccc3ccccc23)C1.O=C(O)CCc1ccccc1. The fourth-order valence-corrected chi connectivity index (χ4v) is 4.33. The van der Waals surface area contributed by atoms with Gasteiger partial charge in [0.05, 0.1) is 0 Å². The largest absolute Gasteiger partial charge is 0.481 e. The molecule has 0 aromatic heterocycles. The lowest BCUT2D eigenvalue weighted by Gasteiger charge is -2.21. The molecule has 2 N–H and O–H groups in total. The number of carboxylic acids is 1. The lowest BCUT2D eigenvalue weighted by atomic mass is 9.99. The van der Waals surface area contributed by atoms with Gasteiger partial charge in [0.15, 0.2) is 0 Å². The molecule has 4 rings (SSSR count). The van der Waals surface area contributed by atoms with E-state index in [4.69, 9.17) is 5.11 Å². The summed E-state index contributed by atoms with van der Waals surface area (Å²) in [6.45, 7) is 4.66. The van der Waals surface area contributed by atoms with Crippen molar-refractivity contribution in [1.82, 2.24) is 5.32 Å². The highest BCUT2D eigenvalue weighted by molar-refractivity contribution is 5.86. The maximum absolute atomic E-state index is 10.2. The summed E-state index contributed by atoms with van der Waals surface area (Å²) < 4.78 is 0. The van der Waals surface area contributed by atoms with Gasteiger partial charge in [-0.15, -0.1) is 0 Å². The zero-order valence-electron chi connectivity index (χ0n) is 18.1. The van der Waals surface area contributed by atoms with Crippen molar-refractivity contribution in [3.63, 3.8) is 0 Å². The molecule has 0 aliphatic heterocycles. The summed E-state index contributed by atoms with van der Waals surface area (Å²) in [5.74, 6) is 0.145. The van der Waals surface area contributed by atoms with Crippen LogP contribution in [0.25, 0.3) is 10.8 Å². The molecule has 0 heterocycles. The quantitative estimate of drug-likeness (QED) is 0.502. The van der Waals surface area contributed by atoms with Crippen LogP contribution in [0.2, 0.25) is 0 Å². The number of benzene rings is 3. The molecular formula is C27H33NO2. The highest BCUT2D eigenvalue weighted by Crippen LogP contribution is 2.29. The summed E-state index contributed by atoms with van der Waals surface area (Å²) in [5, 5.41) is 14.9. The number of fused-ring (bicyclic) bond motifs is 1. The van der Waals surface area contributed by atoms with Crippen LogP contribution in [0.5, 0.6) is 0 Å². The summed E-state index contributed by atoms with van der Waals surface area (Å²) in [4.78, 5) is 10.2. The Hall–Kier alpha value is -2.65. The Morgan fingerprint density at radius 2 is 1.70 bits per heavy atom. The van der Waals surface area contributed by atoms with Gasteiger partial charge in [-0.05, 0) is 60.4 Å². The van der Waals surface area contributed by atoms with E-state index >= 15 is 0 Å². The second kappa shape index (κ2) is 10.9. The molecule has 3 aromatic carbocycles.